The van der Waals surface area contributed by atoms with Gasteiger partial charge < -0.3 is 24.3 Å². The van der Waals surface area contributed by atoms with Crippen molar-refractivity contribution in [3.63, 3.8) is 0 Å². The van der Waals surface area contributed by atoms with Crippen LogP contribution >= 0.6 is 0 Å². The van der Waals surface area contributed by atoms with Crippen molar-refractivity contribution in [2.24, 2.45) is 16.2 Å². The van der Waals surface area contributed by atoms with E-state index in [1.54, 1.807) is 25.1 Å². The Labute approximate surface area is 855 Å². The molecule has 0 saturated heterocycles. The smallest absolute Gasteiger partial charge is 0.124 e. The van der Waals surface area contributed by atoms with E-state index in [1.807, 2.05) is 108 Å². The van der Waals surface area contributed by atoms with Crippen molar-refractivity contribution in [2.75, 3.05) is 19.6 Å². The molecular formula is C133H142N4O. The van der Waals surface area contributed by atoms with E-state index < -0.39 is 68.5 Å². The number of hydrogen-bond acceptors (Lipinski definition) is 5. The van der Waals surface area contributed by atoms with Crippen LogP contribution in [0, 0.1) is 43.9 Å². The third-order valence-electron chi connectivity index (χ3n) is 32.3. The molecular weight excluding hydrogens is 1670 g/mol. The molecule has 138 heavy (non-hydrogen) atoms. The van der Waals surface area contributed by atoms with Crippen molar-refractivity contribution in [2.45, 2.75) is 223 Å². The highest BCUT2D eigenvalue weighted by Gasteiger charge is 2.60. The van der Waals surface area contributed by atoms with Gasteiger partial charge in [0.2, 0.25) is 0 Å². The summed E-state index contributed by atoms with van der Waals surface area (Å²) in [6, 6.07) is 124. The topological polar surface area (TPSA) is 22.2 Å². The second-order valence-corrected chi connectivity index (χ2v) is 42.0. The maximum absolute atomic E-state index is 9.38. The molecule has 0 fully saturated rings. The largest absolute Gasteiger partial charge is 0.487 e. The zero-order valence-corrected chi connectivity index (χ0v) is 83.4. The van der Waals surface area contributed by atoms with Crippen LogP contribution in [0.1, 0.15) is 242 Å². The van der Waals surface area contributed by atoms with Gasteiger partial charge in [-0.25, -0.2) is 0 Å². The van der Waals surface area contributed by atoms with E-state index in [0.717, 1.165) is 85.6 Å². The standard InChI is InChI=1S/3C34H37N.C31H31NO/c3*1-24-22-25(26-18-20-29-30(23-26)33(4,5)34(6,7)32(29,2)3)19-21-31(24)35(27-14-10-8-11-15-27)28-16-12-9-13-17-28;1-22-20-23(24-17-19-29-27(21-24)30(2,3)31(4,5)33-29)16-18-28(22)32(25-12-8-6-9-13-25)26-14-10-7-11-15-26/h3*8-23H,1-7H3;6-21H,1-5H3/i2D3,3D3,4D3,5D3,6D3,7D3;18D,20D,23D;;. The minimum atomic E-state index is -4.43. The first-order valence-corrected chi connectivity index (χ1v) is 48.0. The van der Waals surface area contributed by atoms with Crippen LogP contribution < -0.4 is 24.3 Å². The van der Waals surface area contributed by atoms with Gasteiger partial charge in [-0.1, -0.05) is 368 Å². The molecule has 0 radical (unpaired) electrons. The van der Waals surface area contributed by atoms with Gasteiger partial charge in [0.1, 0.15) is 11.4 Å². The minimum absolute atomic E-state index is 0.0508. The number of benzene rings is 16. The van der Waals surface area contributed by atoms with Crippen LogP contribution in [0.2, 0.25) is 0 Å². The van der Waals surface area contributed by atoms with Crippen LogP contribution in [0.3, 0.4) is 0 Å². The summed E-state index contributed by atoms with van der Waals surface area (Å²) >= 11 is 0. The number of aryl methyl sites for hydroxylation is 4. The van der Waals surface area contributed by atoms with Gasteiger partial charge in [0.25, 0.3) is 0 Å². The van der Waals surface area contributed by atoms with Crippen molar-refractivity contribution in [1.29, 1.82) is 0 Å². The number of para-hydroxylation sites is 8. The molecule has 5 nitrogen and oxygen atoms in total. The molecule has 4 aliphatic rings. The molecule has 0 atom stereocenters. The second kappa shape index (κ2) is 36.5. The Balaban J connectivity index is 0.000000145. The fourth-order valence-electron chi connectivity index (χ4n) is 20.8. The van der Waals surface area contributed by atoms with E-state index in [4.69, 9.17) is 32.2 Å². The van der Waals surface area contributed by atoms with E-state index in [-0.39, 0.29) is 61.2 Å². The minimum Gasteiger partial charge on any atom is -0.487 e. The average molecular weight is 1830 g/mol. The summed E-state index contributed by atoms with van der Waals surface area (Å²) in [5.74, 6) is 1.00. The van der Waals surface area contributed by atoms with Gasteiger partial charge in [0, 0.05) is 104 Å². The molecule has 16 aromatic carbocycles. The molecule has 1 heterocycles. The Morgan fingerprint density at radius 3 is 0.739 bits per heavy atom. The Morgan fingerprint density at radius 1 is 0.203 bits per heavy atom. The van der Waals surface area contributed by atoms with Crippen LogP contribution in [0.15, 0.2) is 388 Å². The number of anilines is 12. The molecule has 0 unspecified atom stereocenters. The first-order valence-electron chi connectivity index (χ1n) is 58.5. The van der Waals surface area contributed by atoms with E-state index in [0.29, 0.717) is 22.7 Å². The summed E-state index contributed by atoms with van der Waals surface area (Å²) in [5, 5.41) is 0. The molecule has 20 rings (SSSR count). The van der Waals surface area contributed by atoms with Crippen LogP contribution in [-0.4, -0.2) is 5.60 Å². The Hall–Kier alpha value is -13.5. The van der Waals surface area contributed by atoms with Crippen LogP contribution in [0.5, 0.6) is 5.75 Å². The molecule has 0 amide bonds. The van der Waals surface area contributed by atoms with E-state index >= 15 is 0 Å². The van der Waals surface area contributed by atoms with E-state index in [1.165, 1.54) is 78.9 Å². The van der Waals surface area contributed by atoms with Gasteiger partial charge in [-0.2, -0.15) is 0 Å². The lowest BCUT2D eigenvalue weighted by molar-refractivity contribution is 0.0712. The lowest BCUT2D eigenvalue weighted by Gasteiger charge is -2.44. The number of nitrogens with zero attached hydrogens (tertiary/aromatic N) is 4. The van der Waals surface area contributed by atoms with Crippen molar-refractivity contribution < 1.29 is 33.5 Å². The molecule has 1 aliphatic heterocycles. The van der Waals surface area contributed by atoms with E-state index in [9.17, 15) is 1.37 Å². The SMILES string of the molecule is Cc1cc(-c2ccc3c(c2)C(C)(C)C(C)(C)C3(C)C)ccc1N(c1ccccc1)c1ccccc1.Cc1cc(-c2ccc3c(c2)C(C)(C)C(C)(C)O3)ccc1N(c1ccccc1)c1ccccc1.[2H]C([2H])([2H])C1(C([2H])([2H])[2H])c2ccc(-c3ccc(N(c4ccccc4)c4ccccc4)c(C)c3)cc2C(C([2H])([2H])[2H])(C([2H])([2H])[2H])C1(C([2H])([2H])[2H])C([2H])([2H])[2H].[2H]c1c([2H])c2c(c([2H])c1-c1ccc(N(c3ccccc3)c3ccccc3)c(C)c1)C(C)(C)C(C)(C)C2(C)C. The highest BCUT2D eigenvalue weighted by molar-refractivity contribution is 5.87. The maximum atomic E-state index is 9.38. The molecule has 0 N–H and O–H groups in total. The third-order valence-corrected chi connectivity index (χ3v) is 32.3. The monoisotopic (exact) mass is 1830 g/mol. The van der Waals surface area contributed by atoms with Crippen molar-refractivity contribution >= 4 is 68.2 Å². The van der Waals surface area contributed by atoms with Gasteiger partial charge >= 0.3 is 0 Å². The lowest BCUT2D eigenvalue weighted by Crippen LogP contribution is -2.42. The first-order chi connectivity index (χ1) is 74.2. The molecule has 5 heteroatoms. The average Bonchev–Trinajstić information content (AvgIpc) is 1.43. The summed E-state index contributed by atoms with van der Waals surface area (Å²) in [5.41, 5.74) is 14.4. The molecule has 0 bridgehead atoms. The van der Waals surface area contributed by atoms with Gasteiger partial charge in [-0.3, -0.25) is 0 Å². The van der Waals surface area contributed by atoms with Crippen molar-refractivity contribution in [1.82, 2.24) is 0 Å². The van der Waals surface area contributed by atoms with Gasteiger partial charge in [-0.05, 0) is 348 Å². The summed E-state index contributed by atoms with van der Waals surface area (Å²) in [4.78, 5) is 8.88. The molecule has 3 aliphatic carbocycles. The Bertz CT molecular complexity index is 7840. The summed E-state index contributed by atoms with van der Waals surface area (Å²) in [7, 11) is 0. The number of fused-ring (bicyclic) bond motifs is 4. The van der Waals surface area contributed by atoms with Crippen LogP contribution in [-0.2, 0) is 37.9 Å². The third kappa shape index (κ3) is 16.8. The van der Waals surface area contributed by atoms with Gasteiger partial charge in [-0.15, -0.1) is 0 Å². The maximum Gasteiger partial charge on any atom is 0.124 e. The predicted octanol–water partition coefficient (Wildman–Crippen LogP) is 37.8. The fourth-order valence-corrected chi connectivity index (χ4v) is 20.8. The molecule has 0 aromatic heterocycles. The fraction of sp³-hybridized carbons (Fsp3) is 0.278. The molecule has 0 spiro atoms. The number of ether oxygens (including phenoxy) is 1. The molecule has 0 saturated carbocycles. The molecule has 700 valence electrons. The van der Waals surface area contributed by atoms with Crippen molar-refractivity contribution in [3.05, 3.63) is 449 Å². The van der Waals surface area contributed by atoms with Crippen LogP contribution in [0.25, 0.3) is 44.5 Å². The zero-order chi connectivity index (χ0) is 116. The van der Waals surface area contributed by atoms with E-state index in [2.05, 4.69) is 377 Å². The molecule has 16 aromatic rings. The van der Waals surface area contributed by atoms with Crippen LogP contribution in [0.4, 0.5) is 68.2 Å². The lowest BCUT2D eigenvalue weighted by atomic mass is 9.59. The Kier molecular flexibility index (Phi) is 19.2. The quantitative estimate of drug-likeness (QED) is 0.0959. The summed E-state index contributed by atoms with van der Waals surface area (Å²) in [6.07, 6.45) is 0. The number of hydrogen-bond donors (Lipinski definition) is 0. The first kappa shape index (κ1) is 72.8. The predicted molar refractivity (Wildman–Crippen MR) is 592 cm³/mol. The highest BCUT2D eigenvalue weighted by Crippen LogP contribution is 2.65. The number of rotatable bonds is 16. The summed E-state index contributed by atoms with van der Waals surface area (Å²) < 4.78 is 190. The normalized spacial score (nSPS) is 19.5. The van der Waals surface area contributed by atoms with Gasteiger partial charge in [0.05, 0.1) is 4.11 Å². The highest BCUT2D eigenvalue weighted by atomic mass is 16.5. The van der Waals surface area contributed by atoms with Gasteiger partial charge in [0.15, 0.2) is 0 Å². The Morgan fingerprint density at radius 2 is 0.442 bits per heavy atom. The summed E-state index contributed by atoms with van der Waals surface area (Å²) in [6.45, 7) is 19.8. The zero-order valence-electron chi connectivity index (χ0n) is 104. The second-order valence-electron chi connectivity index (χ2n) is 42.0. The van der Waals surface area contributed by atoms with Crippen molar-refractivity contribution in [3.8, 4) is 50.3 Å².